The smallest absolute Gasteiger partial charge is 0.246 e. The van der Waals surface area contributed by atoms with Gasteiger partial charge in [-0.1, -0.05) is 23.8 Å². The summed E-state index contributed by atoms with van der Waals surface area (Å²) in [6, 6.07) is 6.65. The number of carbonyl (C=O) groups excluding carboxylic acids is 1. The number of carbonyl (C=O) groups is 1. The van der Waals surface area contributed by atoms with Gasteiger partial charge in [0.25, 0.3) is 0 Å². The Labute approximate surface area is 144 Å². The van der Waals surface area contributed by atoms with Crippen LogP contribution in [0, 0.1) is 25.2 Å². The van der Waals surface area contributed by atoms with Crippen molar-refractivity contribution in [1.82, 2.24) is 10.2 Å². The van der Waals surface area contributed by atoms with Gasteiger partial charge in [-0.15, -0.1) is 0 Å². The van der Waals surface area contributed by atoms with E-state index in [0.717, 1.165) is 32.8 Å². The summed E-state index contributed by atoms with van der Waals surface area (Å²) in [4.78, 5) is 14.3. The molecule has 1 aromatic carbocycles. The van der Waals surface area contributed by atoms with E-state index in [0.29, 0.717) is 12.5 Å². The summed E-state index contributed by atoms with van der Waals surface area (Å²) in [7, 11) is 1.54. The van der Waals surface area contributed by atoms with Gasteiger partial charge in [0.2, 0.25) is 5.91 Å². The minimum absolute atomic E-state index is 0.0428. The van der Waals surface area contributed by atoms with Crippen molar-refractivity contribution in [2.45, 2.75) is 20.4 Å². The number of nitrogens with zero attached hydrogens (tertiary/aromatic N) is 1. The molecule has 2 aliphatic rings. The zero-order valence-electron chi connectivity index (χ0n) is 14.9. The normalized spacial score (nSPS) is 26.5. The maximum absolute atomic E-state index is 11.7. The van der Waals surface area contributed by atoms with Crippen LogP contribution in [0.3, 0.4) is 0 Å². The number of hydrogen-bond acceptors (Lipinski definition) is 4. The third-order valence-corrected chi connectivity index (χ3v) is 5.40. The van der Waals surface area contributed by atoms with Crippen molar-refractivity contribution in [1.29, 1.82) is 0 Å². The van der Waals surface area contributed by atoms with Crippen molar-refractivity contribution in [3.8, 4) is 0 Å². The van der Waals surface area contributed by atoms with E-state index in [2.05, 4.69) is 42.3 Å². The second-order valence-corrected chi connectivity index (χ2v) is 7.38. The van der Waals surface area contributed by atoms with E-state index in [1.54, 1.807) is 7.11 Å². The predicted octanol–water partition coefficient (Wildman–Crippen LogP) is 1.51. The first kappa shape index (κ1) is 17.4. The molecule has 3 rings (SSSR count). The number of likely N-dealkylation sites (tertiary alicyclic amines) is 1. The number of fused-ring (bicyclic) bond motifs is 1. The fourth-order valence-corrected chi connectivity index (χ4v) is 3.98. The summed E-state index contributed by atoms with van der Waals surface area (Å²) in [5, 5.41) is 3.02. The van der Waals surface area contributed by atoms with E-state index in [1.807, 2.05) is 0 Å². The highest BCUT2D eigenvalue weighted by Gasteiger charge is 2.50. The average Bonchev–Trinajstić information content (AvgIpc) is 3.06. The highest BCUT2D eigenvalue weighted by Crippen LogP contribution is 2.41. The summed E-state index contributed by atoms with van der Waals surface area (Å²) in [5.41, 5.74) is 4.09. The Morgan fingerprint density at radius 3 is 3.08 bits per heavy atom. The minimum atomic E-state index is -0.0505. The number of hydrogen-bond donors (Lipinski definition) is 1. The van der Waals surface area contributed by atoms with Gasteiger partial charge in [-0.25, -0.2) is 0 Å². The number of benzene rings is 1. The molecule has 0 spiro atoms. The van der Waals surface area contributed by atoms with E-state index >= 15 is 0 Å². The van der Waals surface area contributed by atoms with Crippen molar-refractivity contribution in [2.24, 2.45) is 11.3 Å². The Bertz CT molecular complexity index is 604. The van der Waals surface area contributed by atoms with E-state index in [-0.39, 0.29) is 17.9 Å². The predicted molar refractivity (Wildman–Crippen MR) is 92.8 cm³/mol. The molecule has 0 aliphatic carbocycles. The van der Waals surface area contributed by atoms with Crippen LogP contribution >= 0.6 is 0 Å². The van der Waals surface area contributed by atoms with E-state index < -0.39 is 0 Å². The van der Waals surface area contributed by atoms with Crippen LogP contribution in [0.15, 0.2) is 18.2 Å². The van der Waals surface area contributed by atoms with Gasteiger partial charge in [-0.05, 0) is 25.0 Å². The number of amides is 1. The SMILES string of the molecule is COCC(=O)NC[C@@]12COC[C@@H]1CN(Cc1cc(C)ccc1C)C2. The van der Waals surface area contributed by atoms with Gasteiger partial charge in [0.1, 0.15) is 6.61 Å². The van der Waals surface area contributed by atoms with Crippen LogP contribution in [-0.2, 0) is 20.8 Å². The lowest BCUT2D eigenvalue weighted by molar-refractivity contribution is -0.125. The van der Waals surface area contributed by atoms with Gasteiger partial charge in [-0.2, -0.15) is 0 Å². The monoisotopic (exact) mass is 332 g/mol. The standard InChI is InChI=1S/C19H28N2O3/c1-14-4-5-15(2)16(6-14)7-21-8-17-9-24-13-19(17,12-21)11-20-18(22)10-23-3/h4-6,17H,7-13H2,1-3H3,(H,20,22)/t17-,19+/m0/s1. The summed E-state index contributed by atoms with van der Waals surface area (Å²) >= 11 is 0. The van der Waals surface area contributed by atoms with E-state index in [9.17, 15) is 4.79 Å². The third-order valence-electron chi connectivity index (χ3n) is 5.40. The fraction of sp³-hybridized carbons (Fsp3) is 0.632. The number of aryl methyl sites for hydroxylation is 2. The largest absolute Gasteiger partial charge is 0.380 e. The highest BCUT2D eigenvalue weighted by molar-refractivity contribution is 5.77. The average molecular weight is 332 g/mol. The zero-order chi connectivity index (χ0) is 17.2. The first-order valence-corrected chi connectivity index (χ1v) is 8.64. The number of nitrogens with one attached hydrogen (secondary N) is 1. The molecule has 24 heavy (non-hydrogen) atoms. The van der Waals surface area contributed by atoms with Gasteiger partial charge in [0, 0.05) is 44.6 Å². The molecule has 0 unspecified atom stereocenters. The van der Waals surface area contributed by atoms with Crippen LogP contribution in [0.2, 0.25) is 0 Å². The molecule has 1 amide bonds. The second kappa shape index (κ2) is 7.21. The van der Waals surface area contributed by atoms with Crippen LogP contribution in [-0.4, -0.2) is 57.4 Å². The molecule has 5 nitrogen and oxygen atoms in total. The van der Waals surface area contributed by atoms with Crippen molar-refractivity contribution < 1.29 is 14.3 Å². The molecule has 132 valence electrons. The third kappa shape index (κ3) is 3.63. The maximum Gasteiger partial charge on any atom is 0.246 e. The second-order valence-electron chi connectivity index (χ2n) is 7.38. The first-order chi connectivity index (χ1) is 11.5. The Morgan fingerprint density at radius 1 is 1.46 bits per heavy atom. The molecule has 2 heterocycles. The van der Waals surface area contributed by atoms with Gasteiger partial charge in [0.05, 0.1) is 13.2 Å². The van der Waals surface area contributed by atoms with Crippen molar-refractivity contribution >= 4 is 5.91 Å². The summed E-state index contributed by atoms with van der Waals surface area (Å²) in [6.45, 7) is 9.61. The van der Waals surface area contributed by atoms with Crippen molar-refractivity contribution in [3.63, 3.8) is 0 Å². The quantitative estimate of drug-likeness (QED) is 0.858. The van der Waals surface area contributed by atoms with Gasteiger partial charge >= 0.3 is 0 Å². The maximum atomic E-state index is 11.7. The van der Waals surface area contributed by atoms with Crippen LogP contribution in [0.1, 0.15) is 16.7 Å². The molecule has 1 N–H and O–H groups in total. The molecular weight excluding hydrogens is 304 g/mol. The van der Waals surface area contributed by atoms with Gasteiger partial charge in [0.15, 0.2) is 0 Å². The molecule has 0 saturated carbocycles. The van der Waals surface area contributed by atoms with Crippen molar-refractivity contribution in [2.75, 3.05) is 46.6 Å². The molecule has 2 saturated heterocycles. The molecular formula is C19H28N2O3. The molecule has 5 heteroatoms. The van der Waals surface area contributed by atoms with E-state index in [1.165, 1.54) is 16.7 Å². The van der Waals surface area contributed by atoms with Gasteiger partial charge < -0.3 is 14.8 Å². The Balaban J connectivity index is 1.65. The summed E-state index contributed by atoms with van der Waals surface area (Å²) in [5.74, 6) is 0.441. The van der Waals surface area contributed by atoms with Crippen LogP contribution < -0.4 is 5.32 Å². The van der Waals surface area contributed by atoms with Crippen LogP contribution in [0.5, 0.6) is 0 Å². The molecule has 2 atom stereocenters. The minimum Gasteiger partial charge on any atom is -0.380 e. The first-order valence-electron chi connectivity index (χ1n) is 8.64. The molecule has 2 aliphatic heterocycles. The lowest BCUT2D eigenvalue weighted by Crippen LogP contribution is -2.44. The Morgan fingerprint density at radius 2 is 2.29 bits per heavy atom. The lowest BCUT2D eigenvalue weighted by Gasteiger charge is -2.27. The number of ether oxygens (including phenoxy) is 2. The summed E-state index contributed by atoms with van der Waals surface area (Å²) in [6.07, 6.45) is 0. The Kier molecular flexibility index (Phi) is 5.23. The molecule has 1 aromatic rings. The summed E-state index contributed by atoms with van der Waals surface area (Å²) < 4.78 is 10.6. The molecule has 0 radical (unpaired) electrons. The lowest BCUT2D eigenvalue weighted by atomic mass is 9.81. The Hall–Kier alpha value is -1.43. The molecule has 2 fully saturated rings. The van der Waals surface area contributed by atoms with Crippen molar-refractivity contribution in [3.05, 3.63) is 34.9 Å². The molecule has 0 aromatic heterocycles. The fourth-order valence-electron chi connectivity index (χ4n) is 3.98. The zero-order valence-corrected chi connectivity index (χ0v) is 14.9. The molecule has 0 bridgehead atoms. The van der Waals surface area contributed by atoms with Crippen LogP contribution in [0.4, 0.5) is 0 Å². The van der Waals surface area contributed by atoms with Crippen LogP contribution in [0.25, 0.3) is 0 Å². The van der Waals surface area contributed by atoms with Gasteiger partial charge in [-0.3, -0.25) is 9.69 Å². The number of methoxy groups -OCH3 is 1. The highest BCUT2D eigenvalue weighted by atomic mass is 16.5. The van der Waals surface area contributed by atoms with E-state index in [4.69, 9.17) is 9.47 Å². The number of rotatable bonds is 6. The topological polar surface area (TPSA) is 50.8 Å².